The van der Waals surface area contributed by atoms with Crippen LogP contribution >= 0.6 is 0 Å². The van der Waals surface area contributed by atoms with Crippen molar-refractivity contribution in [2.75, 3.05) is 6.54 Å². The first-order chi connectivity index (χ1) is 8.67. The molecule has 0 amide bonds. The van der Waals surface area contributed by atoms with E-state index >= 15 is 0 Å². The summed E-state index contributed by atoms with van der Waals surface area (Å²) in [6.07, 6.45) is 4.81. The molecule has 0 aromatic carbocycles. The predicted molar refractivity (Wildman–Crippen MR) is 70.3 cm³/mol. The van der Waals surface area contributed by atoms with Crippen LogP contribution in [0.4, 0.5) is 0 Å². The van der Waals surface area contributed by atoms with Crippen LogP contribution in [0.5, 0.6) is 0 Å². The first kappa shape index (κ1) is 11.4. The lowest BCUT2D eigenvalue weighted by Gasteiger charge is -2.30. The van der Waals surface area contributed by atoms with Crippen molar-refractivity contribution < 1.29 is 0 Å². The maximum atomic E-state index is 4.58. The Kier molecular flexibility index (Phi) is 2.67. The van der Waals surface area contributed by atoms with Crippen LogP contribution in [0, 0.1) is 0 Å². The second kappa shape index (κ2) is 4.21. The van der Waals surface area contributed by atoms with E-state index < -0.39 is 0 Å². The summed E-state index contributed by atoms with van der Waals surface area (Å²) in [5.74, 6) is 0. The highest BCUT2D eigenvalue weighted by molar-refractivity contribution is 5.25. The molecule has 3 heterocycles. The minimum atomic E-state index is -0.0249. The highest BCUT2D eigenvalue weighted by Crippen LogP contribution is 2.26. The highest BCUT2D eigenvalue weighted by Gasteiger charge is 2.30. The Hall–Kier alpha value is -1.68. The van der Waals surface area contributed by atoms with E-state index in [1.165, 1.54) is 11.4 Å². The lowest BCUT2D eigenvalue weighted by Crippen LogP contribution is -2.43. The fourth-order valence-electron chi connectivity index (χ4n) is 2.57. The molecule has 3 rings (SSSR count). The van der Waals surface area contributed by atoms with Gasteiger partial charge in [-0.15, -0.1) is 0 Å². The zero-order chi connectivity index (χ0) is 12.6. The molecule has 18 heavy (non-hydrogen) atoms. The van der Waals surface area contributed by atoms with Gasteiger partial charge in [-0.25, -0.2) is 4.98 Å². The third kappa shape index (κ3) is 1.93. The Morgan fingerprint density at radius 2 is 2.22 bits per heavy atom. The third-order valence-corrected chi connectivity index (χ3v) is 3.53. The maximum Gasteiger partial charge on any atom is 0.0956 e. The Morgan fingerprint density at radius 1 is 1.33 bits per heavy atom. The van der Waals surface area contributed by atoms with Crippen LogP contribution < -0.4 is 5.32 Å². The maximum absolute atomic E-state index is 4.58. The summed E-state index contributed by atoms with van der Waals surface area (Å²) in [7, 11) is 0. The first-order valence-corrected chi connectivity index (χ1v) is 6.36. The van der Waals surface area contributed by atoms with Gasteiger partial charge in [0.25, 0.3) is 0 Å². The number of hydrogen-bond donors (Lipinski definition) is 1. The molecular weight excluding hydrogens is 224 g/mol. The van der Waals surface area contributed by atoms with Crippen LogP contribution in [0.25, 0.3) is 0 Å². The number of pyridine rings is 1. The molecule has 4 heteroatoms. The van der Waals surface area contributed by atoms with Gasteiger partial charge in [0.2, 0.25) is 0 Å². The molecule has 0 aliphatic carbocycles. The summed E-state index contributed by atoms with van der Waals surface area (Å²) in [6.45, 7) is 6.18. The summed E-state index contributed by atoms with van der Waals surface area (Å²) in [5.41, 5.74) is 3.56. The van der Waals surface area contributed by atoms with Crippen molar-refractivity contribution in [3.05, 3.63) is 47.8 Å². The largest absolute Gasteiger partial charge is 0.328 e. The topological polar surface area (TPSA) is 42.7 Å². The minimum absolute atomic E-state index is 0.0249. The standard InChI is InChI=1S/C14H18N4/c1-14(2)13-12(6-8-17-14)18(10-16-13)9-11-5-3-4-7-15-11/h3-5,7,10,17H,6,8-9H2,1-2H3. The van der Waals surface area contributed by atoms with E-state index in [2.05, 4.69) is 39.8 Å². The van der Waals surface area contributed by atoms with Gasteiger partial charge < -0.3 is 9.88 Å². The molecule has 0 bridgehead atoms. The fraction of sp³-hybridized carbons (Fsp3) is 0.429. The van der Waals surface area contributed by atoms with E-state index in [0.717, 1.165) is 25.2 Å². The van der Waals surface area contributed by atoms with Crippen LogP contribution in [0.15, 0.2) is 30.7 Å². The van der Waals surface area contributed by atoms with Gasteiger partial charge in [0, 0.05) is 24.9 Å². The first-order valence-electron chi connectivity index (χ1n) is 6.36. The summed E-state index contributed by atoms with van der Waals surface area (Å²) >= 11 is 0. The Morgan fingerprint density at radius 3 is 3.00 bits per heavy atom. The van der Waals surface area contributed by atoms with Gasteiger partial charge in [-0.3, -0.25) is 4.98 Å². The molecule has 0 spiro atoms. The Labute approximate surface area is 107 Å². The number of nitrogens with one attached hydrogen (secondary N) is 1. The fourth-order valence-corrected chi connectivity index (χ4v) is 2.57. The summed E-state index contributed by atoms with van der Waals surface area (Å²) in [4.78, 5) is 8.95. The molecule has 0 radical (unpaired) electrons. The molecule has 0 saturated carbocycles. The van der Waals surface area contributed by atoms with Gasteiger partial charge in [0.1, 0.15) is 0 Å². The lowest BCUT2D eigenvalue weighted by molar-refractivity contribution is 0.368. The molecule has 2 aromatic rings. The van der Waals surface area contributed by atoms with Gasteiger partial charge in [0.15, 0.2) is 0 Å². The van der Waals surface area contributed by atoms with Gasteiger partial charge in [-0.2, -0.15) is 0 Å². The van der Waals surface area contributed by atoms with Crippen molar-refractivity contribution in [3.63, 3.8) is 0 Å². The monoisotopic (exact) mass is 242 g/mol. The van der Waals surface area contributed by atoms with Gasteiger partial charge in [-0.1, -0.05) is 6.07 Å². The minimum Gasteiger partial charge on any atom is -0.328 e. The number of imidazole rings is 1. The molecule has 0 atom stereocenters. The second-order valence-electron chi connectivity index (χ2n) is 5.29. The highest BCUT2D eigenvalue weighted by atomic mass is 15.1. The van der Waals surface area contributed by atoms with Crippen molar-refractivity contribution in [2.24, 2.45) is 0 Å². The summed E-state index contributed by atoms with van der Waals surface area (Å²) in [5, 5.41) is 3.50. The molecule has 94 valence electrons. The number of nitrogens with zero attached hydrogens (tertiary/aromatic N) is 3. The number of fused-ring (bicyclic) bond motifs is 1. The Bertz CT molecular complexity index is 542. The summed E-state index contributed by atoms with van der Waals surface area (Å²) < 4.78 is 2.22. The van der Waals surface area contributed by atoms with Crippen LogP contribution in [0.2, 0.25) is 0 Å². The van der Waals surface area contributed by atoms with Crippen molar-refractivity contribution in [1.29, 1.82) is 0 Å². The van der Waals surface area contributed by atoms with Crippen LogP contribution in [-0.4, -0.2) is 21.1 Å². The van der Waals surface area contributed by atoms with Gasteiger partial charge >= 0.3 is 0 Å². The predicted octanol–water partition coefficient (Wildman–Crippen LogP) is 1.71. The molecule has 0 saturated heterocycles. The van der Waals surface area contributed by atoms with Crippen molar-refractivity contribution in [1.82, 2.24) is 19.9 Å². The molecule has 0 fully saturated rings. The SMILES string of the molecule is CC1(C)NCCc2c1ncn2Cc1ccccn1. The second-order valence-corrected chi connectivity index (χ2v) is 5.29. The molecule has 1 aliphatic heterocycles. The third-order valence-electron chi connectivity index (χ3n) is 3.53. The van der Waals surface area contributed by atoms with Crippen molar-refractivity contribution >= 4 is 0 Å². The molecule has 1 N–H and O–H groups in total. The molecule has 0 unspecified atom stereocenters. The van der Waals surface area contributed by atoms with Crippen molar-refractivity contribution in [3.8, 4) is 0 Å². The van der Waals surface area contributed by atoms with Crippen LogP contribution in [0.3, 0.4) is 0 Å². The van der Waals surface area contributed by atoms with E-state index in [0.29, 0.717) is 0 Å². The summed E-state index contributed by atoms with van der Waals surface area (Å²) in [6, 6.07) is 6.02. The van der Waals surface area contributed by atoms with Crippen molar-refractivity contribution in [2.45, 2.75) is 32.4 Å². The Balaban J connectivity index is 1.93. The molecule has 4 nitrogen and oxygen atoms in total. The zero-order valence-corrected chi connectivity index (χ0v) is 10.8. The van der Waals surface area contributed by atoms with E-state index in [1.807, 2.05) is 24.7 Å². The lowest BCUT2D eigenvalue weighted by atomic mass is 9.94. The van der Waals surface area contributed by atoms with Gasteiger partial charge in [-0.05, 0) is 26.0 Å². The van der Waals surface area contributed by atoms with Gasteiger partial charge in [0.05, 0.1) is 29.8 Å². The number of hydrogen-bond acceptors (Lipinski definition) is 3. The normalized spacial score (nSPS) is 17.4. The quantitative estimate of drug-likeness (QED) is 0.871. The average molecular weight is 242 g/mol. The molecule has 1 aliphatic rings. The van der Waals surface area contributed by atoms with E-state index in [4.69, 9.17) is 0 Å². The van der Waals surface area contributed by atoms with Crippen LogP contribution in [-0.2, 0) is 18.5 Å². The average Bonchev–Trinajstić information content (AvgIpc) is 2.75. The molecule has 2 aromatic heterocycles. The van der Waals surface area contributed by atoms with E-state index in [-0.39, 0.29) is 5.54 Å². The number of aromatic nitrogens is 3. The molecular formula is C14H18N4. The van der Waals surface area contributed by atoms with Crippen LogP contribution in [0.1, 0.15) is 30.9 Å². The zero-order valence-electron chi connectivity index (χ0n) is 10.8. The van der Waals surface area contributed by atoms with E-state index in [9.17, 15) is 0 Å². The number of rotatable bonds is 2. The smallest absolute Gasteiger partial charge is 0.0956 e. The van der Waals surface area contributed by atoms with E-state index in [1.54, 1.807) is 0 Å².